The fourth-order valence-electron chi connectivity index (χ4n) is 6.62. The van der Waals surface area contributed by atoms with Crippen molar-refractivity contribution in [3.63, 3.8) is 0 Å². The van der Waals surface area contributed by atoms with E-state index in [0.717, 1.165) is 17.2 Å². The molecule has 0 saturated heterocycles. The highest BCUT2D eigenvalue weighted by molar-refractivity contribution is 7.20. The molecule has 0 aliphatic carbocycles. The molecular formula is C36H24BNOSi. The van der Waals surface area contributed by atoms with Crippen molar-refractivity contribution in [1.29, 1.82) is 0 Å². The van der Waals surface area contributed by atoms with Crippen LogP contribution in [-0.4, -0.2) is 20.5 Å². The van der Waals surface area contributed by atoms with Gasteiger partial charge in [-0.25, -0.2) is 0 Å². The van der Waals surface area contributed by atoms with Gasteiger partial charge in [-0.15, -0.1) is 0 Å². The Morgan fingerprint density at radius 2 is 1.07 bits per heavy atom. The number of fused-ring (bicyclic) bond motifs is 5. The summed E-state index contributed by atoms with van der Waals surface area (Å²) in [6.07, 6.45) is 0. The van der Waals surface area contributed by atoms with Crippen LogP contribution in [0.15, 0.2) is 146 Å². The number of nitrogens with zero attached hydrogens (tertiary/aromatic N) is 1. The first-order chi connectivity index (χ1) is 19.8. The van der Waals surface area contributed by atoms with Gasteiger partial charge in [-0.1, -0.05) is 121 Å². The molecule has 0 N–H and O–H groups in total. The highest BCUT2D eigenvalue weighted by Gasteiger charge is 2.48. The Labute approximate surface area is 235 Å². The molecule has 2 nitrogen and oxygen atoms in total. The molecule has 1 aliphatic heterocycles. The minimum absolute atomic E-state index is 0.668. The average molecular weight is 525 g/mol. The first-order valence-electron chi connectivity index (χ1n) is 13.6. The first-order valence-corrected chi connectivity index (χ1v) is 15.6. The van der Waals surface area contributed by atoms with Crippen LogP contribution < -0.4 is 30.9 Å². The zero-order valence-corrected chi connectivity index (χ0v) is 22.8. The Kier molecular flexibility index (Phi) is 5.13. The van der Waals surface area contributed by atoms with Crippen molar-refractivity contribution >= 4 is 63.9 Å². The smallest absolute Gasteiger partial charge is 0.188 e. The van der Waals surface area contributed by atoms with Crippen LogP contribution in [0.5, 0.6) is 11.5 Å². The van der Waals surface area contributed by atoms with Crippen LogP contribution in [-0.2, 0) is 0 Å². The number of aromatic nitrogens is 1. The third-order valence-electron chi connectivity index (χ3n) is 8.30. The third-order valence-corrected chi connectivity index (χ3v) is 13.1. The predicted molar refractivity (Wildman–Crippen MR) is 170 cm³/mol. The molecule has 0 amide bonds. The largest absolute Gasteiger partial charge is 0.458 e. The van der Waals surface area contributed by atoms with Crippen LogP contribution in [0.1, 0.15) is 0 Å². The van der Waals surface area contributed by atoms with Crippen molar-refractivity contribution in [3.8, 4) is 17.2 Å². The van der Waals surface area contributed by atoms with Crippen LogP contribution in [0.3, 0.4) is 0 Å². The van der Waals surface area contributed by atoms with E-state index in [1.165, 1.54) is 42.6 Å². The van der Waals surface area contributed by atoms with Gasteiger partial charge in [-0.05, 0) is 51.1 Å². The van der Waals surface area contributed by atoms with E-state index in [4.69, 9.17) is 12.6 Å². The van der Waals surface area contributed by atoms with Gasteiger partial charge in [-0.2, -0.15) is 0 Å². The summed E-state index contributed by atoms with van der Waals surface area (Å²) < 4.78 is 8.86. The summed E-state index contributed by atoms with van der Waals surface area (Å²) in [7, 11) is 3.83. The molecular weight excluding hydrogens is 501 g/mol. The van der Waals surface area contributed by atoms with Gasteiger partial charge in [0.25, 0.3) is 0 Å². The number of ether oxygens (including phenoxy) is 1. The molecule has 7 aromatic rings. The molecule has 40 heavy (non-hydrogen) atoms. The summed E-state index contributed by atoms with van der Waals surface area (Å²) in [5.41, 5.74) is 4.23. The minimum Gasteiger partial charge on any atom is -0.458 e. The SMILES string of the molecule is [B]c1cccc2c1Oc1ccccc1[Si]2(c1ccccc1)c1ccc(-n2c3ccccc3c3ccccc32)cc1. The standard InChI is InChI=1S/C36H24BNOSi/c37-30-15-10-20-35-36(30)39-33-18-8-9-19-34(33)40(35,26-11-2-1-3-12-26)27-23-21-25(22-24-27)38-31-16-6-4-13-28(31)29-14-5-7-17-32(29)38/h1-24H. The number of hydrogen-bond donors (Lipinski definition) is 0. The summed E-state index contributed by atoms with van der Waals surface area (Å²) in [6, 6.07) is 52.1. The molecule has 0 spiro atoms. The van der Waals surface area contributed by atoms with Gasteiger partial charge in [0.05, 0.1) is 11.0 Å². The van der Waals surface area contributed by atoms with E-state index in [1.807, 2.05) is 12.1 Å². The first kappa shape index (κ1) is 23.1. The highest BCUT2D eigenvalue weighted by Crippen LogP contribution is 2.32. The number of rotatable bonds is 3. The van der Waals surface area contributed by atoms with E-state index >= 15 is 0 Å². The van der Waals surface area contributed by atoms with Crippen molar-refractivity contribution < 1.29 is 4.74 Å². The van der Waals surface area contributed by atoms with E-state index in [1.54, 1.807) is 0 Å². The van der Waals surface area contributed by atoms with Crippen molar-refractivity contribution in [3.05, 3.63) is 146 Å². The Morgan fingerprint density at radius 3 is 1.80 bits per heavy atom. The number of hydrogen-bond acceptors (Lipinski definition) is 1. The maximum Gasteiger partial charge on any atom is 0.188 e. The van der Waals surface area contributed by atoms with E-state index in [9.17, 15) is 0 Å². The Bertz CT molecular complexity index is 1990. The molecule has 1 aromatic heterocycles. The molecule has 0 fully saturated rings. The molecule has 2 heterocycles. The van der Waals surface area contributed by atoms with Gasteiger partial charge in [0.15, 0.2) is 8.07 Å². The van der Waals surface area contributed by atoms with Crippen LogP contribution >= 0.6 is 0 Å². The van der Waals surface area contributed by atoms with Gasteiger partial charge in [-0.3, -0.25) is 0 Å². The normalized spacial score (nSPS) is 15.9. The maximum absolute atomic E-state index is 6.56. The zero-order chi connectivity index (χ0) is 26.7. The molecule has 1 atom stereocenters. The lowest BCUT2D eigenvalue weighted by molar-refractivity contribution is 0.491. The second kappa shape index (κ2) is 8.87. The molecule has 0 saturated carbocycles. The minimum atomic E-state index is -2.74. The number of benzene rings is 6. The molecule has 2 radical (unpaired) electrons. The van der Waals surface area contributed by atoms with E-state index in [-0.39, 0.29) is 0 Å². The molecule has 0 bridgehead atoms. The second-order valence-electron chi connectivity index (χ2n) is 10.4. The molecule has 6 aromatic carbocycles. The van der Waals surface area contributed by atoms with Crippen LogP contribution in [0, 0.1) is 0 Å². The Hall–Kier alpha value is -4.80. The van der Waals surface area contributed by atoms with Crippen molar-refractivity contribution in [2.24, 2.45) is 0 Å². The van der Waals surface area contributed by atoms with Gasteiger partial charge in [0.2, 0.25) is 0 Å². The molecule has 8 rings (SSSR count). The van der Waals surface area contributed by atoms with Crippen molar-refractivity contribution in [2.45, 2.75) is 0 Å². The third kappa shape index (κ3) is 3.17. The Morgan fingerprint density at radius 1 is 0.500 bits per heavy atom. The van der Waals surface area contributed by atoms with Crippen molar-refractivity contribution in [1.82, 2.24) is 4.57 Å². The summed E-state index contributed by atoms with van der Waals surface area (Å²) in [4.78, 5) is 0. The summed E-state index contributed by atoms with van der Waals surface area (Å²) >= 11 is 0. The van der Waals surface area contributed by atoms with E-state index in [2.05, 4.69) is 138 Å². The van der Waals surface area contributed by atoms with Gasteiger partial charge in [0.1, 0.15) is 19.3 Å². The maximum atomic E-state index is 6.56. The topological polar surface area (TPSA) is 14.2 Å². The van der Waals surface area contributed by atoms with Crippen molar-refractivity contribution in [2.75, 3.05) is 0 Å². The van der Waals surface area contributed by atoms with Gasteiger partial charge < -0.3 is 9.30 Å². The highest BCUT2D eigenvalue weighted by atomic mass is 28.3. The fraction of sp³-hybridized carbons (Fsp3) is 0. The lowest BCUT2D eigenvalue weighted by Crippen LogP contribution is -2.76. The van der Waals surface area contributed by atoms with Gasteiger partial charge >= 0.3 is 0 Å². The number of para-hydroxylation sites is 4. The van der Waals surface area contributed by atoms with Gasteiger partial charge in [0, 0.05) is 16.5 Å². The fourth-order valence-corrected chi connectivity index (χ4v) is 11.6. The molecule has 186 valence electrons. The lowest BCUT2D eigenvalue weighted by atomic mass is 9.95. The summed E-state index contributed by atoms with van der Waals surface area (Å²) in [5.74, 6) is 1.66. The van der Waals surface area contributed by atoms with Crippen LogP contribution in [0.2, 0.25) is 0 Å². The summed E-state index contributed by atoms with van der Waals surface area (Å²) in [6.45, 7) is 0. The Balaban J connectivity index is 1.42. The average Bonchev–Trinajstić information content (AvgIpc) is 3.35. The van der Waals surface area contributed by atoms with E-state index < -0.39 is 8.07 Å². The molecule has 1 aliphatic rings. The quantitative estimate of drug-likeness (QED) is 0.294. The summed E-state index contributed by atoms with van der Waals surface area (Å²) in [5, 5.41) is 7.55. The van der Waals surface area contributed by atoms with Crippen LogP contribution in [0.4, 0.5) is 0 Å². The van der Waals surface area contributed by atoms with E-state index in [0.29, 0.717) is 5.46 Å². The zero-order valence-electron chi connectivity index (χ0n) is 21.8. The molecule has 1 unspecified atom stereocenters. The second-order valence-corrected chi connectivity index (χ2v) is 14.1. The lowest BCUT2D eigenvalue weighted by Gasteiger charge is -2.40. The molecule has 4 heteroatoms. The monoisotopic (exact) mass is 525 g/mol. The van der Waals surface area contributed by atoms with Crippen LogP contribution in [0.25, 0.3) is 27.5 Å². The predicted octanol–water partition coefficient (Wildman–Crippen LogP) is 5.06.